The van der Waals surface area contributed by atoms with Gasteiger partial charge in [-0.2, -0.15) is 0 Å². The van der Waals surface area contributed by atoms with Gasteiger partial charge in [-0.15, -0.1) is 0 Å². The van der Waals surface area contributed by atoms with Crippen LogP contribution in [0.4, 0.5) is 5.69 Å². The van der Waals surface area contributed by atoms with Crippen molar-refractivity contribution in [2.75, 3.05) is 32.7 Å². The highest BCUT2D eigenvalue weighted by Crippen LogP contribution is 2.28. The van der Waals surface area contributed by atoms with E-state index in [4.69, 9.17) is 14.2 Å². The van der Waals surface area contributed by atoms with Gasteiger partial charge in [0.15, 0.2) is 18.1 Å². The van der Waals surface area contributed by atoms with Crippen molar-refractivity contribution in [3.05, 3.63) is 83.4 Å². The van der Waals surface area contributed by atoms with Crippen LogP contribution >= 0.6 is 0 Å². The number of methoxy groups -OCH3 is 2. The summed E-state index contributed by atoms with van der Waals surface area (Å²) >= 11 is 0. The second-order valence-electron chi connectivity index (χ2n) is 7.46. The Morgan fingerprint density at radius 3 is 2.25 bits per heavy atom. The lowest BCUT2D eigenvalue weighted by molar-refractivity contribution is -0.118. The highest BCUT2D eigenvalue weighted by Gasteiger charge is 2.09. The number of ether oxygens (including phenoxy) is 3. The van der Waals surface area contributed by atoms with Crippen molar-refractivity contribution in [1.29, 1.82) is 0 Å². The van der Waals surface area contributed by atoms with Gasteiger partial charge >= 0.3 is 0 Å². The summed E-state index contributed by atoms with van der Waals surface area (Å²) in [6, 6.07) is 21.4. The van der Waals surface area contributed by atoms with E-state index in [1.165, 1.54) is 5.56 Å². The summed E-state index contributed by atoms with van der Waals surface area (Å²) in [4.78, 5) is 12.2. The number of anilines is 1. The molecule has 3 aromatic rings. The molecular formula is C26H30N2O4. The normalized spacial score (nSPS) is 10.5. The van der Waals surface area contributed by atoms with E-state index in [1.54, 1.807) is 14.2 Å². The molecule has 32 heavy (non-hydrogen) atoms. The van der Waals surface area contributed by atoms with Gasteiger partial charge in [0, 0.05) is 12.2 Å². The summed E-state index contributed by atoms with van der Waals surface area (Å²) in [5.41, 5.74) is 4.21. The van der Waals surface area contributed by atoms with E-state index < -0.39 is 0 Å². The molecule has 0 saturated carbocycles. The molecule has 0 aliphatic carbocycles. The van der Waals surface area contributed by atoms with E-state index in [0.717, 1.165) is 35.5 Å². The highest BCUT2D eigenvalue weighted by atomic mass is 16.5. The zero-order chi connectivity index (χ0) is 22.8. The molecular weight excluding hydrogens is 404 g/mol. The summed E-state index contributed by atoms with van der Waals surface area (Å²) in [6.45, 7) is 3.47. The summed E-state index contributed by atoms with van der Waals surface area (Å²) in [6.07, 6.45) is 0.929. The van der Waals surface area contributed by atoms with Crippen LogP contribution in [0.5, 0.6) is 17.2 Å². The second kappa shape index (κ2) is 11.8. The molecule has 0 fully saturated rings. The fraction of sp³-hybridized carbons (Fsp3) is 0.269. The third-order valence-electron chi connectivity index (χ3n) is 5.00. The first-order valence-corrected chi connectivity index (χ1v) is 10.6. The van der Waals surface area contributed by atoms with E-state index in [1.807, 2.05) is 61.5 Å². The number of amides is 1. The lowest BCUT2D eigenvalue weighted by atomic mass is 10.1. The molecule has 0 bridgehead atoms. The number of nitrogens with one attached hydrogen (secondary N) is 2. The quantitative estimate of drug-likeness (QED) is 0.439. The maximum Gasteiger partial charge on any atom is 0.262 e. The Hall–Kier alpha value is -3.51. The van der Waals surface area contributed by atoms with Crippen molar-refractivity contribution in [2.45, 2.75) is 19.9 Å². The van der Waals surface area contributed by atoms with E-state index >= 15 is 0 Å². The van der Waals surface area contributed by atoms with Crippen LogP contribution in [-0.4, -0.2) is 33.3 Å². The molecule has 0 aromatic heterocycles. The Balaban J connectivity index is 1.45. The standard InChI is InChI=1S/C26H30N2O4/c1-19-4-9-22(10-5-19)28-26(29)18-32-24-13-8-21(16-25(24)31-3)17-27-15-14-20-6-11-23(30-2)12-7-20/h4-13,16,27H,14-15,17-18H2,1-3H3,(H,28,29). The molecule has 0 atom stereocenters. The number of carbonyl (C=O) groups excluding carboxylic acids is 1. The van der Waals surface area contributed by atoms with Crippen LogP contribution in [0.25, 0.3) is 0 Å². The summed E-state index contributed by atoms with van der Waals surface area (Å²) in [5.74, 6) is 1.78. The van der Waals surface area contributed by atoms with Crippen molar-refractivity contribution in [1.82, 2.24) is 5.32 Å². The molecule has 1 amide bonds. The van der Waals surface area contributed by atoms with Crippen LogP contribution in [-0.2, 0) is 17.8 Å². The highest BCUT2D eigenvalue weighted by molar-refractivity contribution is 5.91. The molecule has 6 heteroatoms. The second-order valence-corrected chi connectivity index (χ2v) is 7.46. The van der Waals surface area contributed by atoms with Crippen LogP contribution < -0.4 is 24.8 Å². The summed E-state index contributed by atoms with van der Waals surface area (Å²) in [7, 11) is 3.26. The molecule has 0 spiro atoms. The maximum absolute atomic E-state index is 12.2. The minimum absolute atomic E-state index is 0.0936. The zero-order valence-corrected chi connectivity index (χ0v) is 18.8. The molecule has 168 valence electrons. The van der Waals surface area contributed by atoms with E-state index in [9.17, 15) is 4.79 Å². The summed E-state index contributed by atoms with van der Waals surface area (Å²) in [5, 5.41) is 6.26. The number of aryl methyl sites for hydroxylation is 1. The lowest BCUT2D eigenvalue weighted by Crippen LogP contribution is -2.20. The van der Waals surface area contributed by atoms with Crippen LogP contribution in [0.1, 0.15) is 16.7 Å². The van der Waals surface area contributed by atoms with Crippen LogP contribution in [0.15, 0.2) is 66.7 Å². The fourth-order valence-corrected chi connectivity index (χ4v) is 3.18. The SMILES string of the molecule is COc1ccc(CCNCc2ccc(OCC(=O)Nc3ccc(C)cc3)c(OC)c2)cc1. The number of hydrogen-bond donors (Lipinski definition) is 2. The van der Waals surface area contributed by atoms with Crippen molar-refractivity contribution in [2.24, 2.45) is 0 Å². The minimum Gasteiger partial charge on any atom is -0.497 e. The van der Waals surface area contributed by atoms with Crippen LogP contribution in [0.2, 0.25) is 0 Å². The predicted molar refractivity (Wildman–Crippen MR) is 127 cm³/mol. The van der Waals surface area contributed by atoms with Gasteiger partial charge in [0.1, 0.15) is 5.75 Å². The molecule has 0 unspecified atom stereocenters. The van der Waals surface area contributed by atoms with Crippen LogP contribution in [0.3, 0.4) is 0 Å². The third-order valence-corrected chi connectivity index (χ3v) is 5.00. The molecule has 3 rings (SSSR count). The van der Waals surface area contributed by atoms with E-state index in [2.05, 4.69) is 22.8 Å². The molecule has 6 nitrogen and oxygen atoms in total. The number of hydrogen-bond acceptors (Lipinski definition) is 5. The van der Waals surface area contributed by atoms with Crippen molar-refractivity contribution in [3.8, 4) is 17.2 Å². The average molecular weight is 435 g/mol. The molecule has 3 aromatic carbocycles. The Morgan fingerprint density at radius 2 is 1.56 bits per heavy atom. The van der Waals surface area contributed by atoms with Crippen molar-refractivity contribution >= 4 is 11.6 Å². The van der Waals surface area contributed by atoms with E-state index in [-0.39, 0.29) is 12.5 Å². The Morgan fingerprint density at radius 1 is 0.844 bits per heavy atom. The van der Waals surface area contributed by atoms with Gasteiger partial charge in [-0.1, -0.05) is 35.9 Å². The average Bonchev–Trinajstić information content (AvgIpc) is 2.82. The Labute approximate surface area is 189 Å². The molecule has 0 saturated heterocycles. The molecule has 0 aliphatic heterocycles. The fourth-order valence-electron chi connectivity index (χ4n) is 3.18. The van der Waals surface area contributed by atoms with Gasteiger partial charge in [0.05, 0.1) is 14.2 Å². The van der Waals surface area contributed by atoms with Gasteiger partial charge in [0.25, 0.3) is 5.91 Å². The molecule has 2 N–H and O–H groups in total. The van der Waals surface area contributed by atoms with Crippen LogP contribution in [0, 0.1) is 6.92 Å². The van der Waals surface area contributed by atoms with Gasteiger partial charge < -0.3 is 24.8 Å². The lowest BCUT2D eigenvalue weighted by Gasteiger charge is -2.13. The monoisotopic (exact) mass is 434 g/mol. The van der Waals surface area contributed by atoms with Gasteiger partial charge in [-0.3, -0.25) is 4.79 Å². The van der Waals surface area contributed by atoms with Crippen molar-refractivity contribution < 1.29 is 19.0 Å². The molecule has 0 heterocycles. The Bertz CT molecular complexity index is 1000. The number of rotatable bonds is 11. The first kappa shape index (κ1) is 23.2. The predicted octanol–water partition coefficient (Wildman–Crippen LogP) is 4.36. The topological polar surface area (TPSA) is 68.8 Å². The Kier molecular flexibility index (Phi) is 8.52. The summed E-state index contributed by atoms with van der Waals surface area (Å²) < 4.78 is 16.3. The number of benzene rings is 3. The zero-order valence-electron chi connectivity index (χ0n) is 18.8. The smallest absolute Gasteiger partial charge is 0.262 e. The largest absolute Gasteiger partial charge is 0.497 e. The van der Waals surface area contributed by atoms with Gasteiger partial charge in [-0.05, 0) is 67.4 Å². The molecule has 0 radical (unpaired) electrons. The van der Waals surface area contributed by atoms with Crippen molar-refractivity contribution in [3.63, 3.8) is 0 Å². The van der Waals surface area contributed by atoms with Gasteiger partial charge in [-0.25, -0.2) is 0 Å². The molecule has 0 aliphatic rings. The first-order chi connectivity index (χ1) is 15.6. The third kappa shape index (κ3) is 7.03. The first-order valence-electron chi connectivity index (χ1n) is 10.6. The number of carbonyl (C=O) groups is 1. The van der Waals surface area contributed by atoms with E-state index in [0.29, 0.717) is 18.0 Å². The minimum atomic E-state index is -0.222. The van der Waals surface area contributed by atoms with Gasteiger partial charge in [0.2, 0.25) is 0 Å². The maximum atomic E-state index is 12.2.